The standard InChI is InChI=1S/C18H17N3O3/c19-11-13-5-7-14(8-6-13)18(23)21-9-1-4-16(21)17(22)20-12-15-3-2-10-24-15/h2-3,5-8,10,16H,1,4,9,12H2,(H,20,22). The normalized spacial score (nSPS) is 16.6. The summed E-state index contributed by atoms with van der Waals surface area (Å²) in [7, 11) is 0. The van der Waals surface area contributed by atoms with Crippen LogP contribution in [0.3, 0.4) is 0 Å². The van der Waals surface area contributed by atoms with Crippen LogP contribution in [0.5, 0.6) is 0 Å². The zero-order valence-corrected chi connectivity index (χ0v) is 13.1. The number of furan rings is 1. The van der Waals surface area contributed by atoms with Crippen LogP contribution < -0.4 is 5.32 Å². The van der Waals surface area contributed by atoms with Crippen molar-refractivity contribution in [2.24, 2.45) is 0 Å². The molecule has 1 aliphatic heterocycles. The van der Waals surface area contributed by atoms with E-state index in [-0.39, 0.29) is 11.8 Å². The van der Waals surface area contributed by atoms with Gasteiger partial charge in [0.25, 0.3) is 5.91 Å². The van der Waals surface area contributed by atoms with Crippen LogP contribution in [0.2, 0.25) is 0 Å². The van der Waals surface area contributed by atoms with Crippen molar-refractivity contribution in [3.8, 4) is 6.07 Å². The summed E-state index contributed by atoms with van der Waals surface area (Å²) in [6.07, 6.45) is 2.99. The third kappa shape index (κ3) is 3.30. The highest BCUT2D eigenvalue weighted by Gasteiger charge is 2.34. The molecule has 1 N–H and O–H groups in total. The molecule has 0 saturated carbocycles. The van der Waals surface area contributed by atoms with E-state index in [0.717, 1.165) is 6.42 Å². The summed E-state index contributed by atoms with van der Waals surface area (Å²) in [5, 5.41) is 11.6. The molecule has 2 heterocycles. The third-order valence-corrected chi connectivity index (χ3v) is 4.09. The number of carbonyl (C=O) groups is 2. The van der Waals surface area contributed by atoms with E-state index >= 15 is 0 Å². The van der Waals surface area contributed by atoms with Crippen molar-refractivity contribution in [2.75, 3.05) is 6.54 Å². The molecular weight excluding hydrogens is 306 g/mol. The summed E-state index contributed by atoms with van der Waals surface area (Å²) in [5.74, 6) is 0.312. The molecule has 0 bridgehead atoms. The SMILES string of the molecule is N#Cc1ccc(C(=O)N2CCCC2C(=O)NCc2ccco2)cc1. The average Bonchev–Trinajstić information content (AvgIpc) is 3.30. The number of hydrogen-bond donors (Lipinski definition) is 1. The number of carbonyl (C=O) groups excluding carboxylic acids is 2. The number of nitriles is 1. The fourth-order valence-electron chi connectivity index (χ4n) is 2.84. The lowest BCUT2D eigenvalue weighted by molar-refractivity contribution is -0.125. The van der Waals surface area contributed by atoms with Gasteiger partial charge in [-0.15, -0.1) is 0 Å². The lowest BCUT2D eigenvalue weighted by Gasteiger charge is -2.24. The lowest BCUT2D eigenvalue weighted by Crippen LogP contribution is -2.45. The molecule has 0 radical (unpaired) electrons. The monoisotopic (exact) mass is 323 g/mol. The van der Waals surface area contributed by atoms with Gasteiger partial charge >= 0.3 is 0 Å². The van der Waals surface area contributed by atoms with E-state index in [0.29, 0.717) is 36.4 Å². The zero-order valence-electron chi connectivity index (χ0n) is 13.1. The van der Waals surface area contributed by atoms with Crippen molar-refractivity contribution in [1.29, 1.82) is 5.26 Å². The third-order valence-electron chi connectivity index (χ3n) is 4.09. The zero-order chi connectivity index (χ0) is 16.9. The molecule has 1 aliphatic rings. The second kappa shape index (κ2) is 7.01. The Balaban J connectivity index is 1.66. The molecule has 1 atom stereocenters. The van der Waals surface area contributed by atoms with E-state index < -0.39 is 6.04 Å². The minimum atomic E-state index is -0.469. The van der Waals surface area contributed by atoms with Crippen molar-refractivity contribution in [1.82, 2.24) is 10.2 Å². The largest absolute Gasteiger partial charge is 0.467 e. The van der Waals surface area contributed by atoms with Crippen molar-refractivity contribution < 1.29 is 14.0 Å². The van der Waals surface area contributed by atoms with Crippen LogP contribution in [0.15, 0.2) is 47.1 Å². The van der Waals surface area contributed by atoms with Gasteiger partial charge in [0.05, 0.1) is 24.4 Å². The molecule has 1 fully saturated rings. The maximum Gasteiger partial charge on any atom is 0.254 e. The summed E-state index contributed by atoms with van der Waals surface area (Å²) in [6, 6.07) is 11.6. The number of hydrogen-bond acceptors (Lipinski definition) is 4. The fraction of sp³-hybridized carbons (Fsp3) is 0.278. The average molecular weight is 323 g/mol. The summed E-state index contributed by atoms with van der Waals surface area (Å²) in [6.45, 7) is 0.860. The second-order valence-corrected chi connectivity index (χ2v) is 5.64. The molecule has 6 nitrogen and oxygen atoms in total. The number of amides is 2. The molecule has 1 aromatic carbocycles. The van der Waals surface area contributed by atoms with Crippen LogP contribution in [-0.4, -0.2) is 29.3 Å². The van der Waals surface area contributed by atoms with E-state index in [4.69, 9.17) is 9.68 Å². The predicted octanol–water partition coefficient (Wildman–Crippen LogP) is 2.07. The second-order valence-electron chi connectivity index (χ2n) is 5.64. The lowest BCUT2D eigenvalue weighted by atomic mass is 10.1. The predicted molar refractivity (Wildman–Crippen MR) is 85.8 cm³/mol. The Morgan fingerprint density at radius 1 is 1.29 bits per heavy atom. The molecule has 6 heteroatoms. The molecule has 3 rings (SSSR count). The van der Waals surface area contributed by atoms with E-state index in [1.54, 1.807) is 47.6 Å². The van der Waals surface area contributed by atoms with Crippen molar-refractivity contribution in [3.05, 3.63) is 59.5 Å². The Labute approximate surface area is 139 Å². The first-order valence-electron chi connectivity index (χ1n) is 7.80. The van der Waals surface area contributed by atoms with Gasteiger partial charge in [-0.1, -0.05) is 0 Å². The highest BCUT2D eigenvalue weighted by atomic mass is 16.3. The number of nitrogens with zero attached hydrogens (tertiary/aromatic N) is 2. The quantitative estimate of drug-likeness (QED) is 0.933. The number of nitrogens with one attached hydrogen (secondary N) is 1. The van der Waals surface area contributed by atoms with Gasteiger partial charge in [0.1, 0.15) is 11.8 Å². The Morgan fingerprint density at radius 3 is 2.75 bits per heavy atom. The molecule has 0 spiro atoms. The van der Waals surface area contributed by atoms with Crippen molar-refractivity contribution >= 4 is 11.8 Å². The first kappa shape index (κ1) is 15.8. The van der Waals surface area contributed by atoms with Gasteiger partial charge in [0.2, 0.25) is 5.91 Å². The van der Waals surface area contributed by atoms with Gasteiger partial charge < -0.3 is 14.6 Å². The minimum absolute atomic E-state index is 0.175. The van der Waals surface area contributed by atoms with Gasteiger partial charge in [0.15, 0.2) is 0 Å². The number of likely N-dealkylation sites (tertiary alicyclic amines) is 1. The van der Waals surface area contributed by atoms with E-state index in [1.165, 1.54) is 0 Å². The number of rotatable bonds is 4. The summed E-state index contributed by atoms with van der Waals surface area (Å²) in [4.78, 5) is 26.6. The van der Waals surface area contributed by atoms with Crippen LogP contribution in [0, 0.1) is 11.3 Å². The topological polar surface area (TPSA) is 86.3 Å². The van der Waals surface area contributed by atoms with Crippen LogP contribution in [0.25, 0.3) is 0 Å². The highest BCUT2D eigenvalue weighted by molar-refractivity contribution is 5.98. The minimum Gasteiger partial charge on any atom is -0.467 e. The van der Waals surface area contributed by atoms with Gasteiger partial charge in [-0.05, 0) is 49.2 Å². The molecule has 122 valence electrons. The maximum atomic E-state index is 12.6. The Kier molecular flexibility index (Phi) is 4.62. The summed E-state index contributed by atoms with van der Waals surface area (Å²) >= 11 is 0. The molecule has 2 amide bonds. The summed E-state index contributed by atoms with van der Waals surface area (Å²) in [5.41, 5.74) is 0.987. The van der Waals surface area contributed by atoms with Crippen molar-refractivity contribution in [3.63, 3.8) is 0 Å². The van der Waals surface area contributed by atoms with Gasteiger partial charge in [-0.3, -0.25) is 9.59 Å². The number of benzene rings is 1. The van der Waals surface area contributed by atoms with E-state index in [9.17, 15) is 9.59 Å². The van der Waals surface area contributed by atoms with E-state index in [2.05, 4.69) is 5.32 Å². The molecule has 1 unspecified atom stereocenters. The Morgan fingerprint density at radius 2 is 2.08 bits per heavy atom. The van der Waals surface area contributed by atoms with Crippen LogP contribution in [0.1, 0.15) is 34.5 Å². The van der Waals surface area contributed by atoms with Gasteiger partial charge in [0, 0.05) is 12.1 Å². The van der Waals surface area contributed by atoms with E-state index in [1.807, 2.05) is 6.07 Å². The van der Waals surface area contributed by atoms with Crippen LogP contribution in [-0.2, 0) is 11.3 Å². The maximum absolute atomic E-state index is 12.6. The smallest absolute Gasteiger partial charge is 0.254 e. The molecule has 1 saturated heterocycles. The Hall–Kier alpha value is -3.07. The molecular formula is C18H17N3O3. The van der Waals surface area contributed by atoms with Gasteiger partial charge in [-0.2, -0.15) is 5.26 Å². The molecule has 0 aliphatic carbocycles. The Bertz CT molecular complexity index is 760. The first-order chi connectivity index (χ1) is 11.7. The molecule has 24 heavy (non-hydrogen) atoms. The molecule has 2 aromatic rings. The van der Waals surface area contributed by atoms with Crippen LogP contribution in [0.4, 0.5) is 0 Å². The highest BCUT2D eigenvalue weighted by Crippen LogP contribution is 2.21. The molecule has 1 aromatic heterocycles. The van der Waals surface area contributed by atoms with Crippen LogP contribution >= 0.6 is 0 Å². The fourth-order valence-corrected chi connectivity index (χ4v) is 2.84. The summed E-state index contributed by atoms with van der Waals surface area (Å²) < 4.78 is 5.19. The first-order valence-corrected chi connectivity index (χ1v) is 7.80. The van der Waals surface area contributed by atoms with Gasteiger partial charge in [-0.25, -0.2) is 0 Å². The van der Waals surface area contributed by atoms with Crippen molar-refractivity contribution in [2.45, 2.75) is 25.4 Å².